The summed E-state index contributed by atoms with van der Waals surface area (Å²) < 4.78 is 15.9. The summed E-state index contributed by atoms with van der Waals surface area (Å²) in [6.45, 7) is 1.27. The van der Waals surface area contributed by atoms with Gasteiger partial charge in [-0.15, -0.1) is 0 Å². The number of carbonyl (C=O) groups is 1. The Labute approximate surface area is 131 Å². The zero-order valence-electron chi connectivity index (χ0n) is 12.9. The molecule has 0 aromatic carbocycles. The Morgan fingerprint density at radius 1 is 1.05 bits per heavy atom. The maximum Gasteiger partial charge on any atom is 0.306 e. The van der Waals surface area contributed by atoms with Crippen molar-refractivity contribution in [2.24, 2.45) is 41.4 Å². The first-order valence-electron chi connectivity index (χ1n) is 8.83. The first kappa shape index (κ1) is 13.6. The van der Waals surface area contributed by atoms with Crippen molar-refractivity contribution >= 4 is 5.97 Å². The maximum atomic E-state index is 12.2. The Hall–Kier alpha value is -0.870. The lowest BCUT2D eigenvalue weighted by atomic mass is 9.69. The van der Waals surface area contributed by atoms with Gasteiger partial charge in [-0.05, 0) is 60.7 Å². The van der Waals surface area contributed by atoms with Crippen molar-refractivity contribution in [3.8, 4) is 0 Å². The van der Waals surface area contributed by atoms with Crippen LogP contribution in [-0.4, -0.2) is 32.1 Å². The quantitative estimate of drug-likeness (QED) is 0.456. The molecule has 4 nitrogen and oxygen atoms in total. The standard InChI is InChI=1S/C18H24O4/c19-16(22-14-7-20-9-21-8-14)6-12-4-13-5-15(12)18-11-2-1-10(3-11)17(13)18/h1-2,10-15,17-18H,3-9H2. The molecule has 7 unspecified atom stereocenters. The van der Waals surface area contributed by atoms with Crippen molar-refractivity contribution in [2.75, 3.05) is 20.0 Å². The van der Waals surface area contributed by atoms with Gasteiger partial charge in [-0.3, -0.25) is 4.79 Å². The van der Waals surface area contributed by atoms with Crippen molar-refractivity contribution in [3.05, 3.63) is 12.2 Å². The van der Waals surface area contributed by atoms with Crippen LogP contribution in [-0.2, 0) is 19.0 Å². The summed E-state index contributed by atoms with van der Waals surface area (Å²) >= 11 is 0. The minimum atomic E-state index is -0.210. The van der Waals surface area contributed by atoms with Crippen molar-refractivity contribution < 1.29 is 19.0 Å². The normalized spacial score (nSPS) is 48.8. The monoisotopic (exact) mass is 304 g/mol. The molecule has 4 aliphatic carbocycles. The molecule has 0 aromatic heterocycles. The number of fused-ring (bicyclic) bond motifs is 9. The van der Waals surface area contributed by atoms with Crippen LogP contribution < -0.4 is 0 Å². The van der Waals surface area contributed by atoms with Gasteiger partial charge < -0.3 is 14.2 Å². The second-order valence-corrected chi connectivity index (χ2v) is 7.93. The van der Waals surface area contributed by atoms with Crippen LogP contribution >= 0.6 is 0 Å². The predicted octanol–water partition coefficient (Wildman–Crippen LogP) is 2.39. The third-order valence-corrected chi connectivity index (χ3v) is 6.91. The largest absolute Gasteiger partial charge is 0.457 e. The molecule has 0 amide bonds. The highest BCUT2D eigenvalue weighted by Crippen LogP contribution is 2.67. The van der Waals surface area contributed by atoms with Crippen molar-refractivity contribution in [1.82, 2.24) is 0 Å². The highest BCUT2D eigenvalue weighted by Gasteiger charge is 2.60. The summed E-state index contributed by atoms with van der Waals surface area (Å²) in [6, 6.07) is 0. The van der Waals surface area contributed by atoms with E-state index in [1.54, 1.807) is 0 Å². The zero-order valence-corrected chi connectivity index (χ0v) is 12.9. The predicted molar refractivity (Wildman–Crippen MR) is 78.7 cm³/mol. The molecule has 3 saturated carbocycles. The average molecular weight is 304 g/mol. The Kier molecular flexibility index (Phi) is 3.12. The van der Waals surface area contributed by atoms with E-state index in [9.17, 15) is 4.79 Å². The first-order valence-corrected chi connectivity index (χ1v) is 8.83. The molecular weight excluding hydrogens is 280 g/mol. The van der Waals surface area contributed by atoms with Crippen molar-refractivity contribution in [2.45, 2.75) is 31.8 Å². The first-order chi connectivity index (χ1) is 10.8. The summed E-state index contributed by atoms with van der Waals surface area (Å²) in [4.78, 5) is 12.2. The number of allylic oxidation sites excluding steroid dienone is 2. The minimum absolute atomic E-state index is 0.0492. The lowest BCUT2D eigenvalue weighted by molar-refractivity contribution is -0.184. The highest BCUT2D eigenvalue weighted by molar-refractivity contribution is 5.70. The third-order valence-electron chi connectivity index (χ3n) is 6.91. The molecule has 1 aliphatic heterocycles. The zero-order chi connectivity index (χ0) is 14.7. The highest BCUT2D eigenvalue weighted by atomic mass is 16.7. The minimum Gasteiger partial charge on any atom is -0.457 e. The molecule has 4 bridgehead atoms. The van der Waals surface area contributed by atoms with Crippen LogP contribution in [0.5, 0.6) is 0 Å². The van der Waals surface area contributed by atoms with Gasteiger partial charge >= 0.3 is 5.97 Å². The molecule has 120 valence electrons. The lowest BCUT2D eigenvalue weighted by Gasteiger charge is -2.36. The van der Waals surface area contributed by atoms with Crippen LogP contribution in [0.1, 0.15) is 25.7 Å². The van der Waals surface area contributed by atoms with E-state index in [0.717, 1.165) is 35.5 Å². The smallest absolute Gasteiger partial charge is 0.306 e. The summed E-state index contributed by atoms with van der Waals surface area (Å²) in [5.41, 5.74) is 0. The molecule has 22 heavy (non-hydrogen) atoms. The molecule has 0 N–H and O–H groups in total. The van der Waals surface area contributed by atoms with Gasteiger partial charge in [-0.1, -0.05) is 12.2 Å². The topological polar surface area (TPSA) is 44.8 Å². The number of rotatable bonds is 3. The maximum absolute atomic E-state index is 12.2. The molecule has 5 rings (SSSR count). The van der Waals surface area contributed by atoms with Crippen LogP contribution in [0.2, 0.25) is 0 Å². The number of hydrogen-bond acceptors (Lipinski definition) is 4. The van der Waals surface area contributed by atoms with Crippen LogP contribution in [0, 0.1) is 41.4 Å². The lowest BCUT2D eigenvalue weighted by Crippen LogP contribution is -2.35. The second kappa shape index (κ2) is 5.07. The molecule has 1 heterocycles. The second-order valence-electron chi connectivity index (χ2n) is 7.93. The summed E-state index contributed by atoms with van der Waals surface area (Å²) in [5.74, 6) is 5.61. The molecule has 1 saturated heterocycles. The molecule has 4 heteroatoms. The fraction of sp³-hybridized carbons (Fsp3) is 0.833. The van der Waals surface area contributed by atoms with E-state index in [1.807, 2.05) is 0 Å². The number of ether oxygens (including phenoxy) is 3. The van der Waals surface area contributed by atoms with Gasteiger partial charge in [0.15, 0.2) is 0 Å². The van der Waals surface area contributed by atoms with Gasteiger partial charge in [0.25, 0.3) is 0 Å². The van der Waals surface area contributed by atoms with Gasteiger partial charge in [0.1, 0.15) is 12.9 Å². The number of esters is 1. The van der Waals surface area contributed by atoms with Gasteiger partial charge in [-0.25, -0.2) is 0 Å². The summed E-state index contributed by atoms with van der Waals surface area (Å²) in [5, 5.41) is 0. The van der Waals surface area contributed by atoms with E-state index in [4.69, 9.17) is 14.2 Å². The molecule has 5 aliphatic rings. The Morgan fingerprint density at radius 3 is 2.64 bits per heavy atom. The van der Waals surface area contributed by atoms with Crippen molar-refractivity contribution in [1.29, 1.82) is 0 Å². The van der Waals surface area contributed by atoms with Gasteiger partial charge in [0, 0.05) is 6.42 Å². The van der Waals surface area contributed by atoms with E-state index < -0.39 is 0 Å². The molecular formula is C18H24O4. The Bertz CT molecular complexity index is 495. The van der Waals surface area contributed by atoms with E-state index in [-0.39, 0.29) is 12.1 Å². The SMILES string of the molecule is O=C(CC1CC2CC1C1C3C=CC(C3)C21)OC1COCOC1. The number of hydrogen-bond donors (Lipinski definition) is 0. The van der Waals surface area contributed by atoms with Crippen molar-refractivity contribution in [3.63, 3.8) is 0 Å². The molecule has 4 fully saturated rings. The fourth-order valence-corrected chi connectivity index (χ4v) is 6.37. The Morgan fingerprint density at radius 2 is 1.82 bits per heavy atom. The van der Waals surface area contributed by atoms with Crippen LogP contribution in [0.4, 0.5) is 0 Å². The fourth-order valence-electron chi connectivity index (χ4n) is 6.37. The third kappa shape index (κ3) is 2.00. The van der Waals surface area contributed by atoms with E-state index in [2.05, 4.69) is 12.2 Å². The van der Waals surface area contributed by atoms with E-state index in [1.165, 1.54) is 19.3 Å². The number of carbonyl (C=O) groups excluding carboxylic acids is 1. The molecule has 0 spiro atoms. The average Bonchev–Trinajstić information content (AvgIpc) is 3.27. The van der Waals surface area contributed by atoms with Gasteiger partial charge in [-0.2, -0.15) is 0 Å². The van der Waals surface area contributed by atoms with E-state index in [0.29, 0.717) is 32.3 Å². The molecule has 7 atom stereocenters. The molecule has 0 radical (unpaired) electrons. The van der Waals surface area contributed by atoms with Crippen LogP contribution in [0.25, 0.3) is 0 Å². The summed E-state index contributed by atoms with van der Waals surface area (Å²) in [6.07, 6.45) is 9.31. The molecule has 0 aromatic rings. The van der Waals surface area contributed by atoms with E-state index >= 15 is 0 Å². The van der Waals surface area contributed by atoms with Gasteiger partial charge in [0.05, 0.1) is 13.2 Å². The summed E-state index contributed by atoms with van der Waals surface area (Å²) in [7, 11) is 0. The Balaban J connectivity index is 1.21. The van der Waals surface area contributed by atoms with Crippen LogP contribution in [0.15, 0.2) is 12.2 Å². The van der Waals surface area contributed by atoms with Gasteiger partial charge in [0.2, 0.25) is 0 Å². The van der Waals surface area contributed by atoms with Crippen LogP contribution in [0.3, 0.4) is 0 Å².